The number of benzene rings is 1. The Morgan fingerprint density at radius 1 is 1.07 bits per heavy atom. The van der Waals surface area contributed by atoms with Gasteiger partial charge >= 0.3 is 5.69 Å². The number of methoxy groups -OCH3 is 1. The van der Waals surface area contributed by atoms with Gasteiger partial charge in [0.15, 0.2) is 0 Å². The summed E-state index contributed by atoms with van der Waals surface area (Å²) in [6.07, 6.45) is 3.09. The van der Waals surface area contributed by atoms with Crippen LogP contribution in [0.3, 0.4) is 0 Å². The van der Waals surface area contributed by atoms with E-state index in [1.54, 1.807) is 17.9 Å². The van der Waals surface area contributed by atoms with E-state index in [0.29, 0.717) is 25.1 Å². The number of nitrogens with one attached hydrogen (secondary N) is 1. The highest BCUT2D eigenvalue weighted by Gasteiger charge is 2.29. The molecule has 6 rings (SSSR count). The van der Waals surface area contributed by atoms with Crippen molar-refractivity contribution in [2.45, 2.75) is 50.8 Å². The Bertz CT molecular complexity index is 1640. The van der Waals surface area contributed by atoms with E-state index >= 15 is 0 Å². The number of pyridine rings is 2. The molecule has 1 amide bonds. The fourth-order valence-corrected chi connectivity index (χ4v) is 6.08. The van der Waals surface area contributed by atoms with E-state index in [2.05, 4.69) is 20.2 Å². The minimum Gasteiger partial charge on any atom is -0.378 e. The number of anilines is 1. The molecular formula is C30H31ClF2N6O3. The zero-order valence-electron chi connectivity index (χ0n) is 23.1. The van der Waals surface area contributed by atoms with Crippen molar-refractivity contribution in [3.05, 3.63) is 81.6 Å². The Balaban J connectivity index is 1.14. The lowest BCUT2D eigenvalue weighted by Gasteiger charge is -2.38. The van der Waals surface area contributed by atoms with E-state index < -0.39 is 18.0 Å². The maximum atomic E-state index is 13.7. The van der Waals surface area contributed by atoms with Gasteiger partial charge in [-0.3, -0.25) is 18.9 Å². The lowest BCUT2D eigenvalue weighted by Crippen LogP contribution is -2.52. The van der Waals surface area contributed by atoms with E-state index in [1.807, 2.05) is 41.0 Å². The summed E-state index contributed by atoms with van der Waals surface area (Å²) in [7, 11) is 1.71. The average molecular weight is 597 g/mol. The third-order valence-corrected chi connectivity index (χ3v) is 8.50. The SMILES string of the molecule is COC1CN(c2ccc(-n3c(=O)n(CC4CCC(NC(=O)c5cc(Cl)cnc5C(F)F)CC4)c4ccccc43)cn2)C1. The number of rotatable bonds is 8. The molecule has 1 saturated heterocycles. The first kappa shape index (κ1) is 28.3. The number of para-hydroxylation sites is 2. The average Bonchev–Trinajstić information content (AvgIpc) is 3.24. The van der Waals surface area contributed by atoms with Crippen LogP contribution in [-0.4, -0.2) is 57.4 Å². The predicted octanol–water partition coefficient (Wildman–Crippen LogP) is 5.00. The second-order valence-electron chi connectivity index (χ2n) is 10.9. The Morgan fingerprint density at radius 2 is 1.81 bits per heavy atom. The van der Waals surface area contributed by atoms with E-state index in [0.717, 1.165) is 49.0 Å². The van der Waals surface area contributed by atoms with Crippen molar-refractivity contribution in [2.75, 3.05) is 25.1 Å². The van der Waals surface area contributed by atoms with E-state index in [1.165, 1.54) is 6.07 Å². The van der Waals surface area contributed by atoms with Crippen molar-refractivity contribution >= 4 is 34.4 Å². The van der Waals surface area contributed by atoms with E-state index in [4.69, 9.17) is 16.3 Å². The van der Waals surface area contributed by atoms with Gasteiger partial charge in [0.1, 0.15) is 11.5 Å². The molecule has 220 valence electrons. The van der Waals surface area contributed by atoms with Gasteiger partial charge in [0, 0.05) is 39.0 Å². The number of carbonyl (C=O) groups excluding carboxylic acids is 1. The zero-order chi connectivity index (χ0) is 29.4. The van der Waals surface area contributed by atoms with Gasteiger partial charge in [-0.1, -0.05) is 23.7 Å². The number of hydrogen-bond donors (Lipinski definition) is 1. The first-order valence-corrected chi connectivity index (χ1v) is 14.4. The van der Waals surface area contributed by atoms with Crippen LogP contribution in [0.15, 0.2) is 59.7 Å². The summed E-state index contributed by atoms with van der Waals surface area (Å²) in [5.41, 5.74) is 1.45. The first-order valence-electron chi connectivity index (χ1n) is 14.0. The van der Waals surface area contributed by atoms with Gasteiger partial charge in [-0.05, 0) is 61.9 Å². The van der Waals surface area contributed by atoms with Crippen LogP contribution in [0, 0.1) is 5.92 Å². The summed E-state index contributed by atoms with van der Waals surface area (Å²) in [4.78, 5) is 36.9. The summed E-state index contributed by atoms with van der Waals surface area (Å²) in [5, 5.41) is 3.00. The monoisotopic (exact) mass is 596 g/mol. The molecule has 0 radical (unpaired) electrons. The van der Waals surface area contributed by atoms with Crippen LogP contribution in [0.1, 0.15) is 48.2 Å². The quantitative estimate of drug-likeness (QED) is 0.308. The normalized spacial score (nSPS) is 19.3. The highest BCUT2D eigenvalue weighted by molar-refractivity contribution is 6.30. The molecule has 1 saturated carbocycles. The van der Waals surface area contributed by atoms with E-state index in [9.17, 15) is 18.4 Å². The topological polar surface area (TPSA) is 94.3 Å². The van der Waals surface area contributed by atoms with Gasteiger partial charge in [-0.2, -0.15) is 0 Å². The fraction of sp³-hybridized carbons (Fsp3) is 0.400. The Labute approximate surface area is 246 Å². The molecule has 0 spiro atoms. The van der Waals surface area contributed by atoms with Gasteiger partial charge in [0.25, 0.3) is 12.3 Å². The summed E-state index contributed by atoms with van der Waals surface area (Å²) in [6.45, 7) is 2.13. The van der Waals surface area contributed by atoms with Crippen molar-refractivity contribution in [1.82, 2.24) is 24.4 Å². The maximum absolute atomic E-state index is 13.7. The molecule has 1 aromatic carbocycles. The zero-order valence-corrected chi connectivity index (χ0v) is 23.8. The number of halogens is 3. The molecule has 42 heavy (non-hydrogen) atoms. The molecule has 12 heteroatoms. The number of nitrogens with zero attached hydrogens (tertiary/aromatic N) is 5. The molecule has 2 aliphatic rings. The van der Waals surface area contributed by atoms with Crippen molar-refractivity contribution in [3.8, 4) is 5.69 Å². The minimum atomic E-state index is -2.88. The molecule has 4 heterocycles. The number of hydrogen-bond acceptors (Lipinski definition) is 6. The number of carbonyl (C=O) groups is 1. The van der Waals surface area contributed by atoms with Gasteiger partial charge in [0.05, 0.1) is 39.6 Å². The van der Waals surface area contributed by atoms with Crippen molar-refractivity contribution in [3.63, 3.8) is 0 Å². The lowest BCUT2D eigenvalue weighted by atomic mass is 9.85. The van der Waals surface area contributed by atoms with E-state index in [-0.39, 0.29) is 34.3 Å². The lowest BCUT2D eigenvalue weighted by molar-refractivity contribution is 0.0783. The van der Waals surface area contributed by atoms with Crippen LogP contribution >= 0.6 is 11.6 Å². The molecule has 0 unspecified atom stereocenters. The highest BCUT2D eigenvalue weighted by atomic mass is 35.5. The van der Waals surface area contributed by atoms with Gasteiger partial charge in [0.2, 0.25) is 0 Å². The molecule has 1 aliphatic carbocycles. The Morgan fingerprint density at radius 3 is 2.48 bits per heavy atom. The van der Waals surface area contributed by atoms with Crippen LogP contribution in [0.4, 0.5) is 14.6 Å². The van der Waals surface area contributed by atoms with Crippen molar-refractivity contribution in [2.24, 2.45) is 5.92 Å². The molecule has 1 aliphatic heterocycles. The maximum Gasteiger partial charge on any atom is 0.333 e. The number of imidazole rings is 1. The number of alkyl halides is 2. The van der Waals surface area contributed by atoms with Gasteiger partial charge in [-0.15, -0.1) is 0 Å². The summed E-state index contributed by atoms with van der Waals surface area (Å²) in [6, 6.07) is 12.6. The second-order valence-corrected chi connectivity index (χ2v) is 11.4. The predicted molar refractivity (Wildman–Crippen MR) is 156 cm³/mol. The molecule has 4 aromatic rings. The number of ether oxygens (including phenoxy) is 1. The molecular weight excluding hydrogens is 566 g/mol. The van der Waals surface area contributed by atoms with Crippen LogP contribution in [0.2, 0.25) is 5.02 Å². The van der Waals surface area contributed by atoms with Crippen LogP contribution < -0.4 is 15.9 Å². The van der Waals surface area contributed by atoms with Crippen molar-refractivity contribution in [1.29, 1.82) is 0 Å². The summed E-state index contributed by atoms with van der Waals surface area (Å²) < 4.78 is 35.6. The second kappa shape index (κ2) is 11.8. The molecule has 1 N–H and O–H groups in total. The van der Waals surface area contributed by atoms with Crippen molar-refractivity contribution < 1.29 is 18.3 Å². The number of amides is 1. The summed E-state index contributed by atoms with van der Waals surface area (Å²) in [5.74, 6) is 0.472. The van der Waals surface area contributed by atoms with Gasteiger partial charge < -0.3 is 15.0 Å². The van der Waals surface area contributed by atoms with Crippen LogP contribution in [-0.2, 0) is 11.3 Å². The number of fused-ring (bicyclic) bond motifs is 1. The molecule has 9 nitrogen and oxygen atoms in total. The van der Waals surface area contributed by atoms with Crippen LogP contribution in [0.25, 0.3) is 16.7 Å². The molecule has 0 bridgehead atoms. The minimum absolute atomic E-state index is 0.126. The summed E-state index contributed by atoms with van der Waals surface area (Å²) >= 11 is 5.91. The molecule has 0 atom stereocenters. The number of aromatic nitrogens is 4. The van der Waals surface area contributed by atoms with Gasteiger partial charge in [-0.25, -0.2) is 18.6 Å². The third kappa shape index (κ3) is 5.50. The Kier molecular flexibility index (Phi) is 7.96. The Hall–Kier alpha value is -3.83. The highest BCUT2D eigenvalue weighted by Crippen LogP contribution is 2.29. The molecule has 2 fully saturated rings. The largest absolute Gasteiger partial charge is 0.378 e. The smallest absolute Gasteiger partial charge is 0.333 e. The molecule has 3 aromatic heterocycles. The van der Waals surface area contributed by atoms with Crippen LogP contribution in [0.5, 0.6) is 0 Å². The fourth-order valence-electron chi connectivity index (χ4n) is 5.92. The standard InChI is InChI=1S/C30H31ClF2N6O3/c1-42-22-16-37(17-22)26-11-10-21(14-34-26)39-25-5-3-2-4-24(25)38(30(39)41)15-18-6-8-20(9-7-18)36-29(40)23-12-19(31)13-35-27(23)28(32)33/h2-5,10-14,18,20,22,28H,6-9,15-17H2,1H3,(H,36,40). The third-order valence-electron chi connectivity index (χ3n) is 8.29. The first-order chi connectivity index (χ1) is 20.3.